The van der Waals surface area contributed by atoms with Gasteiger partial charge in [-0.3, -0.25) is 4.79 Å². The van der Waals surface area contributed by atoms with E-state index < -0.39 is 72.2 Å². The number of ether oxygens (including phenoxy) is 3. The fourth-order valence-electron chi connectivity index (χ4n) is 10.0. The minimum atomic E-state index is -1.60. The number of hydrogen-bond acceptors (Lipinski definition) is 11. The molecule has 4 aliphatic carbocycles. The predicted octanol–water partition coefficient (Wildman–Crippen LogP) is 0.938. The van der Waals surface area contributed by atoms with Crippen molar-refractivity contribution < 1.29 is 54.4 Å². The minimum Gasteiger partial charge on any atom is -0.458 e. The molecule has 0 aromatic carbocycles. The van der Waals surface area contributed by atoms with Crippen molar-refractivity contribution in [2.45, 2.75) is 102 Å². The maximum absolute atomic E-state index is 13.3. The zero-order chi connectivity index (χ0) is 32.4. The summed E-state index contributed by atoms with van der Waals surface area (Å²) in [6, 6.07) is 0. The fourth-order valence-corrected chi connectivity index (χ4v) is 10.0. The van der Waals surface area contributed by atoms with E-state index in [-0.39, 0.29) is 48.2 Å². The van der Waals surface area contributed by atoms with E-state index in [1.54, 1.807) is 13.0 Å². The molecule has 0 bridgehead atoms. The van der Waals surface area contributed by atoms with E-state index in [0.717, 1.165) is 31.3 Å². The monoisotopic (exact) mass is 632 g/mol. The highest BCUT2D eigenvalue weighted by molar-refractivity contribution is 5.98. The zero-order valence-electron chi connectivity index (χ0n) is 26.2. The molecular formula is C34H48O11. The number of aliphatic hydroxyl groups is 6. The third-order valence-electron chi connectivity index (χ3n) is 12.8. The standard InChI is InChI=1S/C34H48O11/c1-16-11-24(44-31(42)20(16)15-43-32-30(41)29(40)28(39)25(14-36)45-32)19(13-35)22-10-9-21-18-8-7-17-5-4-6-26(37)33(17,2)23(18)12-27(38)34(21,22)3/h4,6-7,18-19,21-25,27-30,32,35-36,38-41H,5,8-15H2,1-3H3/t18-,19-,21-,22+,23-,24+,25-,27+,28-,29+,30-,32-,33-,34-/m0/s1. The molecule has 0 spiro atoms. The van der Waals surface area contributed by atoms with Crippen LogP contribution >= 0.6 is 0 Å². The summed E-state index contributed by atoms with van der Waals surface area (Å²) in [7, 11) is 0. The lowest BCUT2D eigenvalue weighted by Crippen LogP contribution is -2.59. The lowest BCUT2D eigenvalue weighted by molar-refractivity contribution is -0.299. The van der Waals surface area contributed by atoms with Crippen molar-refractivity contribution >= 4 is 11.8 Å². The Kier molecular flexibility index (Phi) is 8.97. The van der Waals surface area contributed by atoms with Gasteiger partial charge >= 0.3 is 5.97 Å². The van der Waals surface area contributed by atoms with Crippen LogP contribution in [0.15, 0.2) is 34.9 Å². The highest BCUT2D eigenvalue weighted by Gasteiger charge is 2.64. The van der Waals surface area contributed by atoms with E-state index in [0.29, 0.717) is 18.4 Å². The summed E-state index contributed by atoms with van der Waals surface area (Å²) in [6.07, 6.45) is 1.56. The Hall–Kier alpha value is -1.96. The Labute approximate surface area is 263 Å². The van der Waals surface area contributed by atoms with Crippen molar-refractivity contribution in [3.8, 4) is 0 Å². The van der Waals surface area contributed by atoms with Gasteiger partial charge in [-0.2, -0.15) is 0 Å². The van der Waals surface area contributed by atoms with Gasteiger partial charge in [0.2, 0.25) is 0 Å². The van der Waals surface area contributed by atoms with Gasteiger partial charge in [0.25, 0.3) is 0 Å². The molecule has 1 saturated heterocycles. The average Bonchev–Trinajstić information content (AvgIpc) is 3.36. The van der Waals surface area contributed by atoms with Gasteiger partial charge in [-0.05, 0) is 81.1 Å². The van der Waals surface area contributed by atoms with Crippen LogP contribution in [0, 0.1) is 40.4 Å². The molecule has 250 valence electrons. The van der Waals surface area contributed by atoms with Crippen LogP contribution in [0.1, 0.15) is 59.3 Å². The molecule has 2 heterocycles. The summed E-state index contributed by atoms with van der Waals surface area (Å²) in [6.45, 7) is 4.88. The Morgan fingerprint density at radius 1 is 1.04 bits per heavy atom. The van der Waals surface area contributed by atoms with Gasteiger partial charge in [-0.1, -0.05) is 30.2 Å². The SMILES string of the molecule is CC1=C(CO[C@H]2O[C@@H](CO)[C@H](O)[C@@H](O)[C@@H]2O)C(=O)O[C@@H]([C@@H](CO)[C@H]2CC[C@H]3[C@@H]4CC=C5CC=CC(=O)[C@]5(C)[C@H]4C[C@@H](O)[C@]23C)C1. The smallest absolute Gasteiger partial charge is 0.336 e. The summed E-state index contributed by atoms with van der Waals surface area (Å²) < 4.78 is 17.0. The van der Waals surface area contributed by atoms with Crippen LogP contribution in [-0.4, -0.2) is 105 Å². The molecule has 0 amide bonds. The molecule has 11 nitrogen and oxygen atoms in total. The third kappa shape index (κ3) is 5.09. The molecular weight excluding hydrogens is 584 g/mol. The first-order valence-electron chi connectivity index (χ1n) is 16.4. The molecule has 6 N–H and O–H groups in total. The summed E-state index contributed by atoms with van der Waals surface area (Å²) in [5.74, 6) is -0.527. The summed E-state index contributed by atoms with van der Waals surface area (Å²) in [4.78, 5) is 26.5. The second-order valence-electron chi connectivity index (χ2n) is 14.6. The molecule has 0 aromatic heterocycles. The number of carbonyl (C=O) groups is 2. The largest absolute Gasteiger partial charge is 0.458 e. The lowest BCUT2D eigenvalue weighted by Gasteiger charge is -2.58. The summed E-state index contributed by atoms with van der Waals surface area (Å²) >= 11 is 0. The molecule has 45 heavy (non-hydrogen) atoms. The van der Waals surface area contributed by atoms with E-state index in [1.807, 2.05) is 6.08 Å². The average molecular weight is 633 g/mol. The van der Waals surface area contributed by atoms with Gasteiger partial charge in [0.15, 0.2) is 12.1 Å². The summed E-state index contributed by atoms with van der Waals surface area (Å²) in [5, 5.41) is 62.4. The van der Waals surface area contributed by atoms with Crippen molar-refractivity contribution in [1.82, 2.24) is 0 Å². The summed E-state index contributed by atoms with van der Waals surface area (Å²) in [5.41, 5.74) is 0.992. The molecule has 11 heteroatoms. The van der Waals surface area contributed by atoms with Crippen molar-refractivity contribution in [2.75, 3.05) is 19.8 Å². The van der Waals surface area contributed by atoms with Crippen LogP contribution in [0.4, 0.5) is 0 Å². The van der Waals surface area contributed by atoms with E-state index in [2.05, 4.69) is 19.9 Å². The number of aliphatic hydroxyl groups excluding tert-OH is 6. The van der Waals surface area contributed by atoms with Gasteiger partial charge in [0.05, 0.1) is 30.3 Å². The molecule has 2 saturated carbocycles. The number of hydrogen-bond donors (Lipinski definition) is 6. The Morgan fingerprint density at radius 3 is 2.49 bits per heavy atom. The minimum absolute atomic E-state index is 0.0540. The Bertz CT molecular complexity index is 1270. The fraction of sp³-hybridized carbons (Fsp3) is 0.765. The maximum atomic E-state index is 13.3. The molecule has 6 rings (SSSR count). The van der Waals surface area contributed by atoms with Gasteiger partial charge in [0, 0.05) is 18.9 Å². The number of allylic oxidation sites excluding steroid dienone is 4. The molecule has 0 aromatic rings. The molecule has 14 atom stereocenters. The molecule has 0 radical (unpaired) electrons. The van der Waals surface area contributed by atoms with E-state index >= 15 is 0 Å². The zero-order valence-corrected chi connectivity index (χ0v) is 26.2. The van der Waals surface area contributed by atoms with Gasteiger partial charge in [-0.25, -0.2) is 4.79 Å². The normalized spacial score (nSPS) is 47.0. The van der Waals surface area contributed by atoms with E-state index in [1.165, 1.54) is 0 Å². The number of fused-ring (bicyclic) bond motifs is 5. The third-order valence-corrected chi connectivity index (χ3v) is 12.8. The lowest BCUT2D eigenvalue weighted by atomic mass is 9.46. The molecule has 2 aliphatic heterocycles. The van der Waals surface area contributed by atoms with Crippen molar-refractivity contribution in [2.24, 2.45) is 40.4 Å². The highest BCUT2D eigenvalue weighted by atomic mass is 16.7. The number of esters is 1. The quantitative estimate of drug-likeness (QED) is 0.174. The first kappa shape index (κ1) is 33.0. The topological polar surface area (TPSA) is 183 Å². The first-order chi connectivity index (χ1) is 21.4. The van der Waals surface area contributed by atoms with Gasteiger partial charge in [0.1, 0.15) is 30.5 Å². The van der Waals surface area contributed by atoms with Crippen LogP contribution < -0.4 is 0 Å². The van der Waals surface area contributed by atoms with Crippen LogP contribution in [0.3, 0.4) is 0 Å². The molecule has 6 aliphatic rings. The van der Waals surface area contributed by atoms with E-state index in [9.17, 15) is 40.2 Å². The maximum Gasteiger partial charge on any atom is 0.336 e. The number of cyclic esters (lactones) is 1. The van der Waals surface area contributed by atoms with Crippen LogP contribution in [0.2, 0.25) is 0 Å². The van der Waals surface area contributed by atoms with E-state index in [4.69, 9.17) is 14.2 Å². The molecule has 3 fully saturated rings. The Balaban J connectivity index is 1.17. The van der Waals surface area contributed by atoms with Crippen molar-refractivity contribution in [3.05, 3.63) is 34.9 Å². The van der Waals surface area contributed by atoms with Crippen LogP contribution in [0.25, 0.3) is 0 Å². The van der Waals surface area contributed by atoms with Gasteiger partial charge in [-0.15, -0.1) is 0 Å². The van der Waals surface area contributed by atoms with Crippen molar-refractivity contribution in [1.29, 1.82) is 0 Å². The number of carbonyl (C=O) groups excluding carboxylic acids is 2. The first-order valence-corrected chi connectivity index (χ1v) is 16.4. The van der Waals surface area contributed by atoms with Crippen molar-refractivity contribution in [3.63, 3.8) is 0 Å². The van der Waals surface area contributed by atoms with Crippen LogP contribution in [0.5, 0.6) is 0 Å². The molecule has 0 unspecified atom stereocenters. The Morgan fingerprint density at radius 2 is 1.80 bits per heavy atom. The predicted molar refractivity (Wildman–Crippen MR) is 159 cm³/mol. The van der Waals surface area contributed by atoms with Gasteiger partial charge < -0.3 is 44.8 Å². The number of ketones is 1. The number of rotatable bonds is 7. The van der Waals surface area contributed by atoms with Crippen LogP contribution in [-0.2, 0) is 23.8 Å². The second-order valence-corrected chi connectivity index (χ2v) is 14.6. The second kappa shape index (κ2) is 12.2. The highest BCUT2D eigenvalue weighted by Crippen LogP contribution is 2.66.